The summed E-state index contributed by atoms with van der Waals surface area (Å²) in [6.07, 6.45) is 4.16. The van der Waals surface area contributed by atoms with Crippen molar-refractivity contribution in [1.29, 1.82) is 0 Å². The number of thiazole rings is 1. The summed E-state index contributed by atoms with van der Waals surface area (Å²) in [5, 5.41) is 9.14. The lowest BCUT2D eigenvalue weighted by molar-refractivity contribution is 0.0232. The van der Waals surface area contributed by atoms with Gasteiger partial charge < -0.3 is 16.0 Å². The van der Waals surface area contributed by atoms with E-state index in [0.29, 0.717) is 22.6 Å². The quantitative estimate of drug-likeness (QED) is 0.451. The molecular formula is C24H23N5O2S. The molecule has 0 atom stereocenters. The number of hydrogen-bond donors (Lipinski definition) is 3. The summed E-state index contributed by atoms with van der Waals surface area (Å²) in [7, 11) is 1.62. The molecule has 2 aliphatic rings. The van der Waals surface area contributed by atoms with Crippen LogP contribution < -0.4 is 16.0 Å². The summed E-state index contributed by atoms with van der Waals surface area (Å²) in [6, 6.07) is 13.6. The molecule has 2 fully saturated rings. The van der Waals surface area contributed by atoms with Crippen LogP contribution in [0.2, 0.25) is 0 Å². The van der Waals surface area contributed by atoms with Crippen molar-refractivity contribution in [3.63, 3.8) is 0 Å². The van der Waals surface area contributed by atoms with Crippen molar-refractivity contribution in [2.24, 2.45) is 5.41 Å². The molecule has 7 nitrogen and oxygen atoms in total. The first-order valence-corrected chi connectivity index (χ1v) is 11.6. The van der Waals surface area contributed by atoms with Gasteiger partial charge in [-0.2, -0.15) is 0 Å². The smallest absolute Gasteiger partial charge is 0.251 e. The predicted octanol–water partition coefficient (Wildman–Crippen LogP) is 3.06. The Balaban J connectivity index is 1.22. The van der Waals surface area contributed by atoms with E-state index in [9.17, 15) is 9.59 Å². The molecule has 0 bridgehead atoms. The summed E-state index contributed by atoms with van der Waals surface area (Å²) < 4.78 is 3.10. The maximum absolute atomic E-state index is 12.7. The van der Waals surface area contributed by atoms with Crippen LogP contribution in [0.4, 0.5) is 0 Å². The van der Waals surface area contributed by atoms with Gasteiger partial charge in [-0.1, -0.05) is 23.5 Å². The molecule has 1 saturated carbocycles. The molecule has 0 unspecified atom stereocenters. The number of fused-ring (bicyclic) bond motifs is 3. The second kappa shape index (κ2) is 7.15. The molecule has 2 aromatic heterocycles. The first-order valence-electron chi connectivity index (χ1n) is 10.8. The van der Waals surface area contributed by atoms with Crippen LogP contribution in [0, 0.1) is 5.41 Å². The van der Waals surface area contributed by atoms with Crippen molar-refractivity contribution in [2.75, 3.05) is 20.1 Å². The summed E-state index contributed by atoms with van der Waals surface area (Å²) >= 11 is 1.57. The number of benzene rings is 2. The van der Waals surface area contributed by atoms with E-state index in [1.807, 2.05) is 36.5 Å². The average molecular weight is 446 g/mol. The van der Waals surface area contributed by atoms with Crippen LogP contribution in [0.5, 0.6) is 0 Å². The molecule has 6 rings (SSSR count). The van der Waals surface area contributed by atoms with E-state index in [4.69, 9.17) is 4.98 Å². The van der Waals surface area contributed by atoms with Crippen LogP contribution in [0.15, 0.2) is 48.7 Å². The van der Waals surface area contributed by atoms with Crippen LogP contribution in [-0.2, 0) is 0 Å². The van der Waals surface area contributed by atoms with Gasteiger partial charge in [0, 0.05) is 49.1 Å². The molecule has 1 spiro atoms. The maximum Gasteiger partial charge on any atom is 0.251 e. The minimum absolute atomic E-state index is 0.00182. The van der Waals surface area contributed by atoms with Gasteiger partial charge in [0.25, 0.3) is 11.8 Å². The molecule has 3 N–H and O–H groups in total. The van der Waals surface area contributed by atoms with Gasteiger partial charge in [-0.05, 0) is 48.6 Å². The minimum atomic E-state index is -0.106. The van der Waals surface area contributed by atoms with E-state index in [1.165, 1.54) is 0 Å². The monoisotopic (exact) mass is 445 g/mol. The first-order chi connectivity index (χ1) is 15.5. The molecule has 2 amide bonds. The Morgan fingerprint density at radius 3 is 2.53 bits per heavy atom. The van der Waals surface area contributed by atoms with Crippen LogP contribution >= 0.6 is 11.3 Å². The third-order valence-electron chi connectivity index (χ3n) is 6.72. The zero-order valence-corrected chi connectivity index (χ0v) is 18.5. The first kappa shape index (κ1) is 19.5. The van der Waals surface area contributed by atoms with E-state index in [2.05, 4.69) is 20.4 Å². The third-order valence-corrected chi connectivity index (χ3v) is 7.74. The Bertz CT molecular complexity index is 1360. The number of carbonyl (C=O) groups is 2. The largest absolute Gasteiger partial charge is 0.355 e. The standard InChI is InChI=1S/C24H23N5O2S/c1-25-21(30)15-4-2-14(3-5-15)18-11-29-19-7-6-16(8-20(19)32-23(29)28-18)22(31)27-17-9-24(10-17)12-26-13-24/h2-8,11,17,26H,9-10,12-13H2,1H3,(H,25,30)(H,27,31). The number of carbonyl (C=O) groups excluding carboxylic acids is 2. The second-order valence-electron chi connectivity index (χ2n) is 8.90. The van der Waals surface area contributed by atoms with Gasteiger partial charge in [0.05, 0.1) is 15.9 Å². The summed E-state index contributed by atoms with van der Waals surface area (Å²) in [4.78, 5) is 30.1. The van der Waals surface area contributed by atoms with Crippen molar-refractivity contribution < 1.29 is 9.59 Å². The van der Waals surface area contributed by atoms with E-state index >= 15 is 0 Å². The number of imidazole rings is 1. The highest BCUT2D eigenvalue weighted by atomic mass is 32.1. The molecule has 162 valence electrons. The number of hydrogen-bond acceptors (Lipinski definition) is 5. The molecule has 1 aliphatic carbocycles. The van der Waals surface area contributed by atoms with Crippen molar-refractivity contribution in [3.05, 3.63) is 59.8 Å². The van der Waals surface area contributed by atoms with Gasteiger partial charge in [0.2, 0.25) is 0 Å². The highest BCUT2D eigenvalue weighted by molar-refractivity contribution is 7.23. The Morgan fingerprint density at radius 1 is 1.09 bits per heavy atom. The molecule has 32 heavy (non-hydrogen) atoms. The molecule has 8 heteroatoms. The lowest BCUT2D eigenvalue weighted by Gasteiger charge is -2.54. The summed E-state index contributed by atoms with van der Waals surface area (Å²) in [5.74, 6) is -0.105. The van der Waals surface area contributed by atoms with Gasteiger partial charge in [-0.3, -0.25) is 14.0 Å². The fourth-order valence-corrected chi connectivity index (χ4v) is 5.89. The lowest BCUT2D eigenvalue weighted by Crippen LogP contribution is -2.65. The predicted molar refractivity (Wildman–Crippen MR) is 125 cm³/mol. The van der Waals surface area contributed by atoms with E-state index in [1.54, 1.807) is 30.5 Å². The number of rotatable bonds is 4. The number of amides is 2. The van der Waals surface area contributed by atoms with Gasteiger partial charge in [0.1, 0.15) is 0 Å². The zero-order valence-electron chi connectivity index (χ0n) is 17.6. The minimum Gasteiger partial charge on any atom is -0.355 e. The molecule has 1 saturated heterocycles. The molecule has 2 aromatic carbocycles. The number of nitrogens with one attached hydrogen (secondary N) is 3. The van der Waals surface area contributed by atoms with Crippen LogP contribution in [0.1, 0.15) is 33.6 Å². The second-order valence-corrected chi connectivity index (χ2v) is 9.91. The highest BCUT2D eigenvalue weighted by Crippen LogP contribution is 2.44. The van der Waals surface area contributed by atoms with Crippen molar-refractivity contribution in [2.45, 2.75) is 18.9 Å². The maximum atomic E-state index is 12.7. The van der Waals surface area contributed by atoms with Gasteiger partial charge in [-0.25, -0.2) is 4.98 Å². The van der Waals surface area contributed by atoms with E-state index < -0.39 is 0 Å². The topological polar surface area (TPSA) is 87.5 Å². The Kier molecular flexibility index (Phi) is 4.34. The average Bonchev–Trinajstić information content (AvgIpc) is 3.31. The molecule has 1 aliphatic heterocycles. The van der Waals surface area contributed by atoms with Crippen molar-refractivity contribution >= 4 is 38.3 Å². The molecule has 4 aromatic rings. The number of aromatic nitrogens is 2. The highest BCUT2D eigenvalue weighted by Gasteiger charge is 2.48. The normalized spacial score (nSPS) is 17.3. The summed E-state index contributed by atoms with van der Waals surface area (Å²) in [6.45, 7) is 2.17. The van der Waals surface area contributed by atoms with Crippen LogP contribution in [0.25, 0.3) is 26.4 Å². The molecular weight excluding hydrogens is 422 g/mol. The third kappa shape index (κ3) is 3.10. The van der Waals surface area contributed by atoms with Gasteiger partial charge in [-0.15, -0.1) is 0 Å². The van der Waals surface area contributed by atoms with E-state index in [-0.39, 0.29) is 11.8 Å². The Labute approximate surface area is 188 Å². The fraction of sp³-hybridized carbons (Fsp3) is 0.292. The molecule has 3 heterocycles. The molecule has 0 radical (unpaired) electrons. The SMILES string of the molecule is CNC(=O)c1ccc(-c2cn3c(n2)sc2cc(C(=O)NC4CC5(CNC5)C4)ccc23)cc1. The fourth-order valence-electron chi connectivity index (χ4n) is 4.84. The van der Waals surface area contributed by atoms with Crippen molar-refractivity contribution in [3.8, 4) is 11.3 Å². The van der Waals surface area contributed by atoms with E-state index in [0.717, 1.165) is 52.4 Å². The lowest BCUT2D eigenvalue weighted by atomic mass is 9.61. The number of nitrogens with zero attached hydrogens (tertiary/aromatic N) is 2. The zero-order chi connectivity index (χ0) is 21.9. The Morgan fingerprint density at radius 2 is 1.84 bits per heavy atom. The summed E-state index contributed by atoms with van der Waals surface area (Å²) in [5.41, 5.74) is 4.60. The van der Waals surface area contributed by atoms with Gasteiger partial charge >= 0.3 is 0 Å². The Hall–Kier alpha value is -3.23. The van der Waals surface area contributed by atoms with Crippen LogP contribution in [0.3, 0.4) is 0 Å². The van der Waals surface area contributed by atoms with Crippen LogP contribution in [-0.4, -0.2) is 47.4 Å². The van der Waals surface area contributed by atoms with Crippen molar-refractivity contribution in [1.82, 2.24) is 25.3 Å². The van der Waals surface area contributed by atoms with Gasteiger partial charge in [0.15, 0.2) is 4.96 Å².